The molecule has 0 saturated carbocycles. The van der Waals surface area contributed by atoms with Gasteiger partial charge in [0, 0.05) is 11.6 Å². The van der Waals surface area contributed by atoms with Gasteiger partial charge in [0.05, 0.1) is 0 Å². The lowest BCUT2D eigenvalue weighted by molar-refractivity contribution is -0.152. The first kappa shape index (κ1) is 18.6. The third-order valence-electron chi connectivity index (χ3n) is 3.65. The molecular formula is C21H24O4. The van der Waals surface area contributed by atoms with Crippen molar-refractivity contribution in [3.05, 3.63) is 65.7 Å². The van der Waals surface area contributed by atoms with Crippen LogP contribution < -0.4 is 9.47 Å². The predicted octanol–water partition coefficient (Wildman–Crippen LogP) is 4.93. The molecule has 2 rings (SSSR count). The first-order valence-corrected chi connectivity index (χ1v) is 8.32. The van der Waals surface area contributed by atoms with Crippen molar-refractivity contribution in [2.75, 3.05) is 0 Å². The zero-order valence-electron chi connectivity index (χ0n) is 14.9. The van der Waals surface area contributed by atoms with Crippen molar-refractivity contribution < 1.29 is 19.4 Å². The monoisotopic (exact) mass is 340 g/mol. The maximum Gasteiger partial charge on any atom is 0.347 e. The van der Waals surface area contributed by atoms with Gasteiger partial charge in [-0.1, -0.05) is 49.4 Å². The van der Waals surface area contributed by atoms with Gasteiger partial charge >= 0.3 is 5.97 Å². The number of allylic oxidation sites excluding steroid dienone is 1. The Balaban J connectivity index is 2.23. The molecule has 132 valence electrons. The molecular weight excluding hydrogens is 316 g/mol. The zero-order chi connectivity index (χ0) is 18.3. The van der Waals surface area contributed by atoms with E-state index in [1.54, 1.807) is 6.07 Å². The lowest BCUT2D eigenvalue weighted by atomic mass is 10.1. The summed E-state index contributed by atoms with van der Waals surface area (Å²) in [4.78, 5) is 11.4. The number of hydrogen-bond donors (Lipinski definition) is 1. The van der Waals surface area contributed by atoms with Gasteiger partial charge in [-0.05, 0) is 38.0 Å². The molecule has 2 aromatic rings. The molecule has 0 spiro atoms. The minimum absolute atomic E-state index is 0.437. The highest BCUT2D eigenvalue weighted by molar-refractivity contribution is 5.77. The molecule has 0 radical (unpaired) electrons. The molecule has 0 fully saturated rings. The van der Waals surface area contributed by atoms with Crippen LogP contribution in [0.15, 0.2) is 54.6 Å². The summed E-state index contributed by atoms with van der Waals surface area (Å²) in [5, 5.41) is 9.32. The highest BCUT2D eigenvalue weighted by Gasteiger charge is 2.30. The van der Waals surface area contributed by atoms with Crippen LogP contribution in [0.25, 0.3) is 6.08 Å². The Kier molecular flexibility index (Phi) is 6.23. The quantitative estimate of drug-likeness (QED) is 0.740. The Morgan fingerprint density at radius 2 is 1.88 bits per heavy atom. The second-order valence-corrected chi connectivity index (χ2v) is 6.20. The van der Waals surface area contributed by atoms with Crippen molar-refractivity contribution in [1.29, 1.82) is 0 Å². The van der Waals surface area contributed by atoms with Crippen molar-refractivity contribution in [2.24, 2.45) is 0 Å². The standard InChI is InChI=1S/C21H24O4/c1-4-5-11-17-12-13-18(24-15-16-9-7-6-8-10-16)14-19(17)25-21(2,3)20(22)23/h5-14H,4,15H2,1-3H3,(H,22,23)/b11-5+. The van der Waals surface area contributed by atoms with Crippen molar-refractivity contribution in [3.63, 3.8) is 0 Å². The molecule has 0 atom stereocenters. The molecule has 2 aromatic carbocycles. The van der Waals surface area contributed by atoms with Gasteiger partial charge in [-0.25, -0.2) is 4.79 Å². The van der Waals surface area contributed by atoms with Gasteiger partial charge in [-0.15, -0.1) is 0 Å². The molecule has 0 amide bonds. The SMILES string of the molecule is CC/C=C/c1ccc(OCc2ccccc2)cc1OC(C)(C)C(=O)O. The molecule has 25 heavy (non-hydrogen) atoms. The lowest BCUT2D eigenvalue weighted by Crippen LogP contribution is -2.38. The summed E-state index contributed by atoms with van der Waals surface area (Å²) in [5.74, 6) is 0.102. The summed E-state index contributed by atoms with van der Waals surface area (Å²) in [7, 11) is 0. The zero-order valence-corrected chi connectivity index (χ0v) is 14.9. The van der Waals surface area contributed by atoms with E-state index in [9.17, 15) is 9.90 Å². The van der Waals surface area contributed by atoms with Gasteiger partial charge in [0.2, 0.25) is 0 Å². The van der Waals surface area contributed by atoms with Crippen LogP contribution in [0, 0.1) is 0 Å². The Morgan fingerprint density at radius 1 is 1.16 bits per heavy atom. The van der Waals surface area contributed by atoms with Crippen LogP contribution in [0.5, 0.6) is 11.5 Å². The Bertz CT molecular complexity index is 733. The molecule has 4 nitrogen and oxygen atoms in total. The summed E-state index contributed by atoms with van der Waals surface area (Å²) in [6.45, 7) is 5.53. The highest BCUT2D eigenvalue weighted by Crippen LogP contribution is 2.30. The second kappa shape index (κ2) is 8.38. The third-order valence-corrected chi connectivity index (χ3v) is 3.65. The molecule has 1 N–H and O–H groups in total. The van der Waals surface area contributed by atoms with Crippen LogP contribution in [-0.4, -0.2) is 16.7 Å². The summed E-state index contributed by atoms with van der Waals surface area (Å²) < 4.78 is 11.6. The Hall–Kier alpha value is -2.75. The Morgan fingerprint density at radius 3 is 2.52 bits per heavy atom. The van der Waals surface area contributed by atoms with Gasteiger partial charge in [0.15, 0.2) is 5.60 Å². The molecule has 0 aliphatic carbocycles. The van der Waals surface area contributed by atoms with E-state index in [0.717, 1.165) is 17.5 Å². The maximum atomic E-state index is 11.4. The number of aliphatic carboxylic acids is 1. The average molecular weight is 340 g/mol. The van der Waals surface area contributed by atoms with E-state index in [4.69, 9.17) is 9.47 Å². The van der Waals surface area contributed by atoms with Gasteiger partial charge in [-0.3, -0.25) is 0 Å². The van der Waals surface area contributed by atoms with Crippen LogP contribution in [0.2, 0.25) is 0 Å². The molecule has 0 aliphatic heterocycles. The van der Waals surface area contributed by atoms with Crippen LogP contribution >= 0.6 is 0 Å². The topological polar surface area (TPSA) is 55.8 Å². The van der Waals surface area contributed by atoms with E-state index in [1.807, 2.05) is 61.5 Å². The fraction of sp³-hybridized carbons (Fsp3) is 0.286. The van der Waals surface area contributed by atoms with Crippen molar-refractivity contribution in [1.82, 2.24) is 0 Å². The van der Waals surface area contributed by atoms with Gasteiger partial charge in [0.25, 0.3) is 0 Å². The fourth-order valence-electron chi connectivity index (χ4n) is 2.13. The molecule has 0 aliphatic rings. The molecule has 0 saturated heterocycles. The summed E-state index contributed by atoms with van der Waals surface area (Å²) >= 11 is 0. The molecule has 0 heterocycles. The number of benzene rings is 2. The number of carboxylic acid groups (broad SMARTS) is 1. The Labute approximate surface area is 148 Å². The molecule has 4 heteroatoms. The fourth-order valence-corrected chi connectivity index (χ4v) is 2.13. The minimum Gasteiger partial charge on any atom is -0.489 e. The number of ether oxygens (including phenoxy) is 2. The third kappa shape index (κ3) is 5.38. The van der Waals surface area contributed by atoms with Crippen LogP contribution in [-0.2, 0) is 11.4 Å². The molecule has 0 bridgehead atoms. The number of carboxylic acids is 1. The molecule has 0 unspecified atom stereocenters. The van der Waals surface area contributed by atoms with Crippen molar-refractivity contribution in [2.45, 2.75) is 39.4 Å². The first-order chi connectivity index (χ1) is 11.9. The first-order valence-electron chi connectivity index (χ1n) is 8.32. The number of hydrogen-bond acceptors (Lipinski definition) is 3. The molecule has 0 aromatic heterocycles. The number of carbonyl (C=O) groups is 1. The normalized spacial score (nSPS) is 11.5. The van der Waals surface area contributed by atoms with Gasteiger partial charge in [0.1, 0.15) is 18.1 Å². The van der Waals surface area contributed by atoms with Crippen LogP contribution in [0.3, 0.4) is 0 Å². The number of rotatable bonds is 8. The van der Waals surface area contributed by atoms with E-state index in [2.05, 4.69) is 0 Å². The van der Waals surface area contributed by atoms with Crippen molar-refractivity contribution >= 4 is 12.0 Å². The van der Waals surface area contributed by atoms with Crippen LogP contribution in [0.1, 0.15) is 38.3 Å². The highest BCUT2D eigenvalue weighted by atomic mass is 16.5. The van der Waals surface area contributed by atoms with E-state index >= 15 is 0 Å². The van der Waals surface area contributed by atoms with E-state index in [-0.39, 0.29) is 0 Å². The summed E-state index contributed by atoms with van der Waals surface area (Å²) in [6.07, 6.45) is 4.81. The smallest absolute Gasteiger partial charge is 0.347 e. The minimum atomic E-state index is -1.33. The van der Waals surface area contributed by atoms with Gasteiger partial charge < -0.3 is 14.6 Å². The maximum absolute atomic E-state index is 11.4. The van der Waals surface area contributed by atoms with Crippen molar-refractivity contribution in [3.8, 4) is 11.5 Å². The van der Waals surface area contributed by atoms with Gasteiger partial charge in [-0.2, -0.15) is 0 Å². The van der Waals surface area contributed by atoms with Crippen LogP contribution in [0.4, 0.5) is 0 Å². The summed E-state index contributed by atoms with van der Waals surface area (Å²) in [5.41, 5.74) is 0.557. The van der Waals surface area contributed by atoms with E-state index < -0.39 is 11.6 Å². The van der Waals surface area contributed by atoms with E-state index in [0.29, 0.717) is 18.1 Å². The lowest BCUT2D eigenvalue weighted by Gasteiger charge is -2.23. The van der Waals surface area contributed by atoms with E-state index in [1.165, 1.54) is 13.8 Å². The summed E-state index contributed by atoms with van der Waals surface area (Å²) in [6, 6.07) is 15.3. The largest absolute Gasteiger partial charge is 0.489 e. The second-order valence-electron chi connectivity index (χ2n) is 6.20. The average Bonchev–Trinajstić information content (AvgIpc) is 2.59. The predicted molar refractivity (Wildman–Crippen MR) is 98.9 cm³/mol.